The zero-order valence-electron chi connectivity index (χ0n) is 14.9. The molecule has 0 nitrogen and oxygen atoms in total. The largest absolute Gasteiger partial charge is 1.00 e. The Morgan fingerprint density at radius 1 is 0.333 bits per heavy atom. The predicted molar refractivity (Wildman–Crippen MR) is 122 cm³/mol. The van der Waals surface area contributed by atoms with Gasteiger partial charge in [0, 0.05) is 0 Å². The molecule has 0 radical (unpaired) electrons. The number of hydrogen-bond acceptors (Lipinski definition) is 0. The van der Waals surface area contributed by atoms with Crippen LogP contribution in [0.15, 0.2) is 121 Å². The Kier molecular flexibility index (Phi) is 7.68. The highest BCUT2D eigenvalue weighted by Crippen LogP contribution is 2.53. The molecule has 0 spiro atoms. The zero-order chi connectivity index (χ0) is 17.0. The second-order valence-electron chi connectivity index (χ2n) is 6.01. The Morgan fingerprint density at radius 3 is 0.704 bits per heavy atom. The molecule has 0 aromatic heterocycles. The monoisotopic (exact) mass is 408 g/mol. The Morgan fingerprint density at radius 2 is 0.519 bits per heavy atom. The van der Waals surface area contributed by atoms with Crippen molar-refractivity contribution in [3.05, 3.63) is 121 Å². The van der Waals surface area contributed by atoms with Gasteiger partial charge in [-0.3, -0.25) is 0 Å². The molecule has 0 unspecified atom stereocenters. The van der Waals surface area contributed by atoms with Gasteiger partial charge in [0.15, 0.2) is 0 Å². The SMILES string of the molecule is S.[Cl-].c1ccc([P+](c2ccccc2)(c2ccccc2)c2ccccc2)cc1. The molecule has 4 aromatic carbocycles. The standard InChI is InChI=1S/C24H20P.ClH.H2S/c1-5-13-21(14-6-1)25(22-15-7-2-8-16-22,23-17-9-3-10-18-23)24-19-11-4-12-20-24;;/h1-20H;1H;1H2/q+1;;/p-1. The number of hydrogen-bond donors (Lipinski definition) is 0. The minimum atomic E-state index is -1.91. The van der Waals surface area contributed by atoms with Crippen LogP contribution in [0.3, 0.4) is 0 Å². The molecule has 0 N–H and O–H groups in total. The van der Waals surface area contributed by atoms with E-state index in [1.807, 2.05) is 0 Å². The summed E-state index contributed by atoms with van der Waals surface area (Å²) in [6, 6.07) is 43.8. The number of halogens is 1. The first-order valence-electron chi connectivity index (χ1n) is 8.54. The Labute approximate surface area is 175 Å². The van der Waals surface area contributed by atoms with Crippen LogP contribution >= 0.6 is 20.8 Å². The van der Waals surface area contributed by atoms with E-state index in [1.54, 1.807) is 0 Å². The van der Waals surface area contributed by atoms with Gasteiger partial charge >= 0.3 is 0 Å². The minimum absolute atomic E-state index is 0. The molecule has 0 bridgehead atoms. The third kappa shape index (κ3) is 3.96. The highest BCUT2D eigenvalue weighted by Gasteiger charge is 2.47. The third-order valence-corrected chi connectivity index (χ3v) is 8.86. The van der Waals surface area contributed by atoms with Crippen molar-refractivity contribution in [3.63, 3.8) is 0 Å². The lowest BCUT2D eigenvalue weighted by Crippen LogP contribution is -3.00. The molecule has 0 fully saturated rings. The van der Waals surface area contributed by atoms with Crippen LogP contribution in [0.4, 0.5) is 0 Å². The molecule has 4 aromatic rings. The van der Waals surface area contributed by atoms with Crippen molar-refractivity contribution in [2.45, 2.75) is 0 Å². The van der Waals surface area contributed by atoms with Crippen LogP contribution in [-0.4, -0.2) is 0 Å². The van der Waals surface area contributed by atoms with Crippen molar-refractivity contribution >= 4 is 42.0 Å². The van der Waals surface area contributed by atoms with Gasteiger partial charge in [-0.2, -0.15) is 13.5 Å². The van der Waals surface area contributed by atoms with Crippen molar-refractivity contribution in [1.82, 2.24) is 0 Å². The fourth-order valence-electron chi connectivity index (χ4n) is 3.50. The molecule has 3 heteroatoms. The average molecular weight is 409 g/mol. The molecule has 0 saturated heterocycles. The van der Waals surface area contributed by atoms with Gasteiger partial charge in [0.1, 0.15) is 28.5 Å². The maximum absolute atomic E-state index is 2.28. The molecule has 4 rings (SSSR count). The first-order chi connectivity index (χ1) is 12.4. The maximum Gasteiger partial charge on any atom is 0.144 e. The molecule has 0 aliphatic heterocycles. The van der Waals surface area contributed by atoms with Gasteiger partial charge in [0.05, 0.1) is 0 Å². The second-order valence-corrected chi connectivity index (χ2v) is 9.42. The summed E-state index contributed by atoms with van der Waals surface area (Å²) in [5, 5.41) is 5.55. The van der Waals surface area contributed by atoms with Gasteiger partial charge in [-0.1, -0.05) is 72.8 Å². The topological polar surface area (TPSA) is 0 Å². The maximum atomic E-state index is 2.28. The van der Waals surface area contributed by atoms with Gasteiger partial charge in [-0.25, -0.2) is 0 Å². The van der Waals surface area contributed by atoms with E-state index in [-0.39, 0.29) is 25.9 Å². The van der Waals surface area contributed by atoms with E-state index in [0.29, 0.717) is 0 Å². The fourth-order valence-corrected chi connectivity index (χ4v) is 7.77. The molecule has 0 saturated carbocycles. The summed E-state index contributed by atoms with van der Waals surface area (Å²) in [5.41, 5.74) is 0. The molecule has 0 aliphatic rings. The van der Waals surface area contributed by atoms with Crippen molar-refractivity contribution in [2.24, 2.45) is 0 Å². The van der Waals surface area contributed by atoms with E-state index in [0.717, 1.165) is 0 Å². The van der Waals surface area contributed by atoms with Crippen molar-refractivity contribution in [2.75, 3.05) is 0 Å². The van der Waals surface area contributed by atoms with E-state index < -0.39 is 7.26 Å². The van der Waals surface area contributed by atoms with Crippen LogP contribution < -0.4 is 33.6 Å². The van der Waals surface area contributed by atoms with Crippen LogP contribution in [-0.2, 0) is 0 Å². The summed E-state index contributed by atoms with van der Waals surface area (Å²) in [4.78, 5) is 0. The first kappa shape index (κ1) is 21.3. The molecule has 0 amide bonds. The summed E-state index contributed by atoms with van der Waals surface area (Å²) >= 11 is 0. The fraction of sp³-hybridized carbons (Fsp3) is 0. The Bertz CT molecular complexity index is 765. The van der Waals surface area contributed by atoms with Crippen molar-refractivity contribution in [3.8, 4) is 0 Å². The summed E-state index contributed by atoms with van der Waals surface area (Å²) in [5.74, 6) is 0. The second kappa shape index (κ2) is 9.76. The molecule has 0 heterocycles. The summed E-state index contributed by atoms with van der Waals surface area (Å²) in [6.45, 7) is 0. The average Bonchev–Trinajstić information content (AvgIpc) is 2.72. The molecule has 136 valence electrons. The quantitative estimate of drug-likeness (QED) is 0.448. The molecule has 27 heavy (non-hydrogen) atoms. The lowest BCUT2D eigenvalue weighted by molar-refractivity contribution is -0.00000486. The zero-order valence-corrected chi connectivity index (χ0v) is 17.5. The van der Waals surface area contributed by atoms with Gasteiger partial charge in [-0.05, 0) is 48.5 Å². The molecule has 0 atom stereocenters. The van der Waals surface area contributed by atoms with E-state index in [2.05, 4.69) is 121 Å². The number of rotatable bonds is 4. The van der Waals surface area contributed by atoms with Gasteiger partial charge < -0.3 is 12.4 Å². The van der Waals surface area contributed by atoms with Crippen molar-refractivity contribution < 1.29 is 12.4 Å². The smallest absolute Gasteiger partial charge is 0.144 e. The number of benzene rings is 4. The third-order valence-electron chi connectivity index (χ3n) is 4.57. The van der Waals surface area contributed by atoms with Crippen LogP contribution in [0, 0.1) is 0 Å². The minimum Gasteiger partial charge on any atom is -1.00 e. The Hall–Kier alpha value is -2.05. The van der Waals surface area contributed by atoms with E-state index in [1.165, 1.54) is 21.2 Å². The first-order valence-corrected chi connectivity index (χ1v) is 10.3. The lowest BCUT2D eigenvalue weighted by Gasteiger charge is -2.27. The van der Waals surface area contributed by atoms with Crippen LogP contribution in [0.25, 0.3) is 0 Å². The van der Waals surface area contributed by atoms with Crippen molar-refractivity contribution in [1.29, 1.82) is 0 Å². The van der Waals surface area contributed by atoms with E-state index in [4.69, 9.17) is 0 Å². The normalized spacial score (nSPS) is 10.4. The lowest BCUT2D eigenvalue weighted by atomic mass is 10.3. The van der Waals surface area contributed by atoms with Gasteiger partial charge in [-0.15, -0.1) is 0 Å². The van der Waals surface area contributed by atoms with E-state index >= 15 is 0 Å². The van der Waals surface area contributed by atoms with Gasteiger partial charge in [0.25, 0.3) is 0 Å². The van der Waals surface area contributed by atoms with Gasteiger partial charge in [0.2, 0.25) is 0 Å². The highest BCUT2D eigenvalue weighted by atomic mass is 35.5. The molecule has 0 aliphatic carbocycles. The molecular weight excluding hydrogens is 387 g/mol. The van der Waals surface area contributed by atoms with E-state index in [9.17, 15) is 0 Å². The Balaban J connectivity index is 0.00000131. The molecular formula is C24H22ClPS. The predicted octanol–water partition coefficient (Wildman–Crippen LogP) is 1.42. The highest BCUT2D eigenvalue weighted by molar-refractivity contribution is 8.01. The summed E-state index contributed by atoms with van der Waals surface area (Å²) in [6.07, 6.45) is 0. The van der Waals surface area contributed by atoms with Crippen LogP contribution in [0.5, 0.6) is 0 Å². The van der Waals surface area contributed by atoms with Crippen LogP contribution in [0.1, 0.15) is 0 Å². The summed E-state index contributed by atoms with van der Waals surface area (Å²) < 4.78 is 0. The van der Waals surface area contributed by atoms with Crippen LogP contribution in [0.2, 0.25) is 0 Å². The summed E-state index contributed by atoms with van der Waals surface area (Å²) in [7, 11) is -1.91.